The van der Waals surface area contributed by atoms with Crippen molar-refractivity contribution < 1.29 is 4.74 Å². The molecule has 1 heteroatoms. The first-order chi connectivity index (χ1) is 6.02. The molecule has 1 fully saturated rings. The van der Waals surface area contributed by atoms with Gasteiger partial charge in [-0.2, -0.15) is 0 Å². The van der Waals surface area contributed by atoms with Crippen LogP contribution in [0.2, 0.25) is 0 Å². The minimum atomic E-state index is 0.0798. The van der Waals surface area contributed by atoms with Crippen molar-refractivity contribution in [2.45, 2.75) is 58.7 Å². The number of rotatable bonds is 0. The largest absolute Gasteiger partial charge is 0.368 e. The molecule has 1 aliphatic heterocycles. The summed E-state index contributed by atoms with van der Waals surface area (Å²) in [6.07, 6.45) is 4.32. The monoisotopic (exact) mass is 180 g/mol. The third kappa shape index (κ3) is 1.34. The predicted octanol–water partition coefficient (Wildman–Crippen LogP) is 3.30. The zero-order valence-corrected chi connectivity index (χ0v) is 9.18. The Morgan fingerprint density at radius 2 is 2.08 bits per heavy atom. The minimum absolute atomic E-state index is 0.0798. The average Bonchev–Trinajstić information content (AvgIpc) is 2.24. The van der Waals surface area contributed by atoms with E-state index in [2.05, 4.69) is 27.7 Å². The van der Waals surface area contributed by atoms with Crippen molar-refractivity contribution in [2.24, 2.45) is 5.92 Å². The number of ether oxygens (including phenoxy) is 1. The Morgan fingerprint density at radius 1 is 1.38 bits per heavy atom. The Morgan fingerprint density at radius 3 is 2.69 bits per heavy atom. The number of hydrogen-bond acceptors (Lipinski definition) is 1. The average molecular weight is 180 g/mol. The van der Waals surface area contributed by atoms with Gasteiger partial charge in [0.05, 0.1) is 11.7 Å². The molecule has 2 rings (SSSR count). The number of fused-ring (bicyclic) bond motifs is 1. The topological polar surface area (TPSA) is 9.23 Å². The first-order valence-corrected chi connectivity index (χ1v) is 5.40. The van der Waals surface area contributed by atoms with E-state index in [1.165, 1.54) is 19.3 Å². The van der Waals surface area contributed by atoms with E-state index in [4.69, 9.17) is 4.74 Å². The molecule has 1 aliphatic carbocycles. The van der Waals surface area contributed by atoms with Crippen LogP contribution < -0.4 is 0 Å². The van der Waals surface area contributed by atoms with E-state index in [0.717, 1.165) is 0 Å². The zero-order valence-electron chi connectivity index (χ0n) is 9.18. The molecular weight excluding hydrogens is 160 g/mol. The maximum absolute atomic E-state index is 6.01. The molecule has 1 nitrogen and oxygen atoms in total. The maximum Gasteiger partial charge on any atom is 0.0770 e. The number of hydrogen-bond donors (Lipinski definition) is 0. The van der Waals surface area contributed by atoms with Crippen molar-refractivity contribution in [3.05, 3.63) is 11.1 Å². The first-order valence-electron chi connectivity index (χ1n) is 5.40. The second-order valence-corrected chi connectivity index (χ2v) is 5.04. The maximum atomic E-state index is 6.01. The van der Waals surface area contributed by atoms with Gasteiger partial charge in [0.15, 0.2) is 0 Å². The molecule has 13 heavy (non-hydrogen) atoms. The Kier molecular flexibility index (Phi) is 2.03. The van der Waals surface area contributed by atoms with Gasteiger partial charge in [-0.15, -0.1) is 0 Å². The summed E-state index contributed by atoms with van der Waals surface area (Å²) in [5.41, 5.74) is 3.28. The van der Waals surface area contributed by atoms with Gasteiger partial charge in [-0.3, -0.25) is 0 Å². The Labute approximate surface area is 81.2 Å². The summed E-state index contributed by atoms with van der Waals surface area (Å²) >= 11 is 0. The van der Waals surface area contributed by atoms with E-state index in [1.807, 2.05) is 0 Å². The van der Waals surface area contributed by atoms with Gasteiger partial charge in [-0.05, 0) is 52.5 Å². The molecular formula is C12H20O. The van der Waals surface area contributed by atoms with Crippen LogP contribution in [-0.4, -0.2) is 11.7 Å². The summed E-state index contributed by atoms with van der Waals surface area (Å²) in [5.74, 6) is 0.691. The summed E-state index contributed by atoms with van der Waals surface area (Å²) in [6, 6.07) is 0. The second-order valence-electron chi connectivity index (χ2n) is 5.04. The van der Waals surface area contributed by atoms with Crippen LogP contribution in [0.1, 0.15) is 47.0 Å². The summed E-state index contributed by atoms with van der Waals surface area (Å²) in [4.78, 5) is 0. The van der Waals surface area contributed by atoms with Gasteiger partial charge < -0.3 is 4.74 Å². The van der Waals surface area contributed by atoms with Crippen molar-refractivity contribution in [3.8, 4) is 0 Å². The summed E-state index contributed by atoms with van der Waals surface area (Å²) in [5, 5.41) is 0. The number of allylic oxidation sites excluding steroid dienone is 1. The fourth-order valence-electron chi connectivity index (χ4n) is 3.12. The molecule has 0 aromatic rings. The lowest BCUT2D eigenvalue weighted by Crippen LogP contribution is -2.29. The third-order valence-corrected chi connectivity index (χ3v) is 3.67. The van der Waals surface area contributed by atoms with Gasteiger partial charge in [0.1, 0.15) is 0 Å². The van der Waals surface area contributed by atoms with Crippen molar-refractivity contribution >= 4 is 0 Å². The molecule has 0 N–H and O–H groups in total. The highest BCUT2D eigenvalue weighted by atomic mass is 16.5. The third-order valence-electron chi connectivity index (χ3n) is 3.67. The molecule has 0 radical (unpaired) electrons. The Balaban J connectivity index is 2.39. The lowest BCUT2D eigenvalue weighted by Gasteiger charge is -2.29. The van der Waals surface area contributed by atoms with Crippen molar-refractivity contribution in [2.75, 3.05) is 0 Å². The van der Waals surface area contributed by atoms with Crippen LogP contribution in [0.5, 0.6) is 0 Å². The van der Waals surface area contributed by atoms with Gasteiger partial charge in [-0.25, -0.2) is 0 Å². The lowest BCUT2D eigenvalue weighted by atomic mass is 9.76. The molecule has 0 amide bonds. The molecule has 0 bridgehead atoms. The molecule has 0 saturated carbocycles. The molecule has 2 atom stereocenters. The Hall–Kier alpha value is -0.300. The van der Waals surface area contributed by atoms with Crippen LogP contribution in [0, 0.1) is 5.92 Å². The summed E-state index contributed by atoms with van der Waals surface area (Å²) < 4.78 is 6.01. The lowest BCUT2D eigenvalue weighted by molar-refractivity contribution is -0.0248. The van der Waals surface area contributed by atoms with Crippen LogP contribution in [0.25, 0.3) is 0 Å². The van der Waals surface area contributed by atoms with E-state index in [0.29, 0.717) is 12.0 Å². The highest BCUT2D eigenvalue weighted by Crippen LogP contribution is 2.47. The van der Waals surface area contributed by atoms with E-state index >= 15 is 0 Å². The molecule has 0 spiro atoms. The van der Waals surface area contributed by atoms with E-state index in [-0.39, 0.29) is 5.60 Å². The normalized spacial score (nSPS) is 37.8. The van der Waals surface area contributed by atoms with Crippen LogP contribution >= 0.6 is 0 Å². The second kappa shape index (κ2) is 2.84. The standard InChI is InChI=1S/C12H20O/c1-8-6-5-7-10-11(8)9(2)13-12(10,3)4/h9-10H,5-7H2,1-4H3/t9-,10+/m0/s1. The zero-order chi connectivity index (χ0) is 9.64. The van der Waals surface area contributed by atoms with Crippen LogP contribution in [0.15, 0.2) is 11.1 Å². The van der Waals surface area contributed by atoms with Gasteiger partial charge in [-0.1, -0.05) is 5.57 Å². The first kappa shape index (κ1) is 9.26. The molecule has 1 heterocycles. The van der Waals surface area contributed by atoms with E-state index in [1.54, 1.807) is 11.1 Å². The van der Waals surface area contributed by atoms with Crippen molar-refractivity contribution in [1.29, 1.82) is 0 Å². The fourth-order valence-corrected chi connectivity index (χ4v) is 3.12. The molecule has 2 aliphatic rings. The molecule has 74 valence electrons. The quantitative estimate of drug-likeness (QED) is 0.520. The highest BCUT2D eigenvalue weighted by molar-refractivity contribution is 5.28. The van der Waals surface area contributed by atoms with Crippen molar-refractivity contribution in [3.63, 3.8) is 0 Å². The van der Waals surface area contributed by atoms with Gasteiger partial charge in [0.25, 0.3) is 0 Å². The minimum Gasteiger partial charge on any atom is -0.368 e. The van der Waals surface area contributed by atoms with Gasteiger partial charge >= 0.3 is 0 Å². The SMILES string of the molecule is CC1=C2[C@H](C)OC(C)(C)[C@@H]2CCC1. The van der Waals surface area contributed by atoms with Crippen LogP contribution in [0.3, 0.4) is 0 Å². The van der Waals surface area contributed by atoms with E-state index < -0.39 is 0 Å². The summed E-state index contributed by atoms with van der Waals surface area (Å²) in [6.45, 7) is 8.95. The highest BCUT2D eigenvalue weighted by Gasteiger charge is 2.45. The Bertz CT molecular complexity index is 250. The smallest absolute Gasteiger partial charge is 0.0770 e. The van der Waals surface area contributed by atoms with E-state index in [9.17, 15) is 0 Å². The predicted molar refractivity (Wildman–Crippen MR) is 54.7 cm³/mol. The van der Waals surface area contributed by atoms with Crippen LogP contribution in [-0.2, 0) is 4.74 Å². The summed E-state index contributed by atoms with van der Waals surface area (Å²) in [7, 11) is 0. The molecule has 0 aromatic heterocycles. The van der Waals surface area contributed by atoms with Gasteiger partial charge in [0.2, 0.25) is 0 Å². The van der Waals surface area contributed by atoms with Crippen LogP contribution in [0.4, 0.5) is 0 Å². The molecule has 1 saturated heterocycles. The molecule has 0 aromatic carbocycles. The molecule has 0 unspecified atom stereocenters. The van der Waals surface area contributed by atoms with Crippen molar-refractivity contribution in [1.82, 2.24) is 0 Å². The van der Waals surface area contributed by atoms with Gasteiger partial charge in [0, 0.05) is 5.92 Å². The fraction of sp³-hybridized carbons (Fsp3) is 0.833.